The number of hydrogen-bond donors (Lipinski definition) is 1. The highest BCUT2D eigenvalue weighted by atomic mass is 19.4. The fraction of sp³-hybridized carbons (Fsp3) is 0.455. The van der Waals surface area contributed by atoms with Gasteiger partial charge in [0, 0.05) is 6.54 Å². The summed E-state index contributed by atoms with van der Waals surface area (Å²) >= 11 is 0. The van der Waals surface area contributed by atoms with Gasteiger partial charge in [-0.2, -0.15) is 26.3 Å². The average molecular weight is 271 g/mol. The molecule has 1 rings (SSSR count). The van der Waals surface area contributed by atoms with Crippen molar-refractivity contribution in [2.24, 2.45) is 5.73 Å². The molecule has 0 aliphatic heterocycles. The summed E-state index contributed by atoms with van der Waals surface area (Å²) in [5.74, 6) is 0. The van der Waals surface area contributed by atoms with Crippen LogP contribution < -0.4 is 5.73 Å². The summed E-state index contributed by atoms with van der Waals surface area (Å²) in [4.78, 5) is 0. The Labute approximate surface area is 99.6 Å². The number of nitrogens with two attached hydrogens (primary N) is 1. The molecule has 0 fully saturated rings. The van der Waals surface area contributed by atoms with Gasteiger partial charge in [-0.25, -0.2) is 0 Å². The Hall–Kier alpha value is -1.24. The van der Waals surface area contributed by atoms with Gasteiger partial charge in [-0.05, 0) is 29.7 Å². The van der Waals surface area contributed by atoms with Gasteiger partial charge in [0.25, 0.3) is 0 Å². The van der Waals surface area contributed by atoms with Gasteiger partial charge in [-0.3, -0.25) is 0 Å². The van der Waals surface area contributed by atoms with Crippen LogP contribution in [0.15, 0.2) is 12.1 Å². The van der Waals surface area contributed by atoms with Gasteiger partial charge in [0.2, 0.25) is 0 Å². The Morgan fingerprint density at radius 3 is 1.78 bits per heavy atom. The van der Waals surface area contributed by atoms with Crippen LogP contribution in [0.5, 0.6) is 0 Å². The summed E-state index contributed by atoms with van der Waals surface area (Å²) in [5, 5.41) is 0. The Bertz CT molecular complexity index is 407. The predicted molar refractivity (Wildman–Crippen MR) is 53.7 cm³/mol. The van der Waals surface area contributed by atoms with Crippen molar-refractivity contribution in [3.63, 3.8) is 0 Å². The van der Waals surface area contributed by atoms with Gasteiger partial charge in [-0.1, -0.05) is 6.92 Å². The van der Waals surface area contributed by atoms with E-state index in [-0.39, 0.29) is 6.42 Å². The SMILES string of the molecule is CCc1cc(C(F)(F)F)cc(CN)c1C(F)(F)F. The largest absolute Gasteiger partial charge is 0.416 e. The molecule has 2 N–H and O–H groups in total. The molecule has 0 aliphatic rings. The second-order valence-electron chi connectivity index (χ2n) is 3.72. The molecule has 0 amide bonds. The highest BCUT2D eigenvalue weighted by Crippen LogP contribution is 2.39. The third kappa shape index (κ3) is 2.95. The van der Waals surface area contributed by atoms with Gasteiger partial charge in [-0.15, -0.1) is 0 Å². The van der Waals surface area contributed by atoms with E-state index in [0.717, 1.165) is 0 Å². The van der Waals surface area contributed by atoms with Crippen LogP contribution in [0.4, 0.5) is 26.3 Å². The quantitative estimate of drug-likeness (QED) is 0.814. The van der Waals surface area contributed by atoms with Crippen LogP contribution in [0.2, 0.25) is 0 Å². The van der Waals surface area contributed by atoms with E-state index in [2.05, 4.69) is 0 Å². The van der Waals surface area contributed by atoms with Crippen LogP contribution in [-0.2, 0) is 25.3 Å². The molecule has 102 valence electrons. The third-order valence-corrected chi connectivity index (χ3v) is 2.51. The minimum absolute atomic E-state index is 0.147. The van der Waals surface area contributed by atoms with E-state index in [1.54, 1.807) is 0 Å². The number of aryl methyl sites for hydroxylation is 1. The second-order valence-corrected chi connectivity index (χ2v) is 3.72. The monoisotopic (exact) mass is 271 g/mol. The molecule has 0 saturated carbocycles. The summed E-state index contributed by atoms with van der Waals surface area (Å²) in [6, 6.07) is 0.990. The fourth-order valence-electron chi connectivity index (χ4n) is 1.74. The van der Waals surface area contributed by atoms with Crippen molar-refractivity contribution in [1.29, 1.82) is 0 Å². The Morgan fingerprint density at radius 2 is 1.44 bits per heavy atom. The maximum absolute atomic E-state index is 12.8. The molecule has 1 aromatic rings. The van der Waals surface area contributed by atoms with Gasteiger partial charge >= 0.3 is 12.4 Å². The van der Waals surface area contributed by atoms with Gasteiger partial charge < -0.3 is 5.73 Å². The van der Waals surface area contributed by atoms with Crippen molar-refractivity contribution >= 4 is 0 Å². The van der Waals surface area contributed by atoms with E-state index in [4.69, 9.17) is 5.73 Å². The molecular weight excluding hydrogens is 260 g/mol. The first-order valence-corrected chi connectivity index (χ1v) is 5.11. The number of halogens is 6. The Kier molecular flexibility index (Phi) is 3.95. The maximum atomic E-state index is 12.8. The highest BCUT2D eigenvalue weighted by molar-refractivity contribution is 5.42. The van der Waals surface area contributed by atoms with Crippen molar-refractivity contribution in [2.75, 3.05) is 0 Å². The lowest BCUT2D eigenvalue weighted by Gasteiger charge is -2.19. The molecule has 7 heteroatoms. The molecule has 0 aliphatic carbocycles. The topological polar surface area (TPSA) is 26.0 Å². The van der Waals surface area contributed by atoms with Crippen molar-refractivity contribution in [2.45, 2.75) is 32.2 Å². The van der Waals surface area contributed by atoms with Crippen molar-refractivity contribution < 1.29 is 26.3 Å². The Morgan fingerprint density at radius 1 is 0.944 bits per heavy atom. The molecule has 0 saturated heterocycles. The van der Waals surface area contributed by atoms with Gasteiger partial charge in [0.05, 0.1) is 11.1 Å². The predicted octanol–water partition coefficient (Wildman–Crippen LogP) is 3.75. The zero-order chi connectivity index (χ0) is 14.1. The highest BCUT2D eigenvalue weighted by Gasteiger charge is 2.38. The summed E-state index contributed by atoms with van der Waals surface area (Å²) in [6.07, 6.45) is -9.53. The van der Waals surface area contributed by atoms with E-state index >= 15 is 0 Å². The molecule has 18 heavy (non-hydrogen) atoms. The second kappa shape index (κ2) is 4.79. The lowest BCUT2D eigenvalue weighted by atomic mass is 9.95. The van der Waals surface area contributed by atoms with Crippen molar-refractivity contribution in [1.82, 2.24) is 0 Å². The maximum Gasteiger partial charge on any atom is 0.416 e. The van der Waals surface area contributed by atoms with Crippen LogP contribution in [0.3, 0.4) is 0 Å². The molecule has 0 atom stereocenters. The van der Waals surface area contributed by atoms with Crippen LogP contribution in [0.1, 0.15) is 29.2 Å². The minimum Gasteiger partial charge on any atom is -0.326 e. The number of hydrogen-bond acceptors (Lipinski definition) is 1. The van der Waals surface area contributed by atoms with Crippen LogP contribution in [0, 0.1) is 0 Å². The average Bonchev–Trinajstić information content (AvgIpc) is 2.24. The van der Waals surface area contributed by atoms with E-state index in [0.29, 0.717) is 12.1 Å². The van der Waals surface area contributed by atoms with E-state index in [1.807, 2.05) is 0 Å². The normalized spacial score (nSPS) is 12.9. The zero-order valence-electron chi connectivity index (χ0n) is 9.41. The molecule has 1 aromatic carbocycles. The van der Waals surface area contributed by atoms with E-state index < -0.39 is 41.2 Å². The van der Waals surface area contributed by atoms with Crippen LogP contribution in [-0.4, -0.2) is 0 Å². The Balaban J connectivity index is 3.55. The molecule has 0 unspecified atom stereocenters. The summed E-state index contributed by atoms with van der Waals surface area (Å²) in [5.41, 5.74) is 2.03. The summed E-state index contributed by atoms with van der Waals surface area (Å²) in [7, 11) is 0. The fourth-order valence-corrected chi connectivity index (χ4v) is 1.74. The first-order chi connectivity index (χ1) is 8.11. The van der Waals surface area contributed by atoms with E-state index in [1.165, 1.54) is 6.92 Å². The molecule has 0 spiro atoms. The van der Waals surface area contributed by atoms with E-state index in [9.17, 15) is 26.3 Å². The number of alkyl halides is 6. The molecule has 1 nitrogen and oxygen atoms in total. The molecule has 0 bridgehead atoms. The lowest BCUT2D eigenvalue weighted by molar-refractivity contribution is -0.142. The first-order valence-electron chi connectivity index (χ1n) is 5.11. The molecule has 0 radical (unpaired) electrons. The molecule has 0 aromatic heterocycles. The standard InChI is InChI=1S/C11H11F6N/c1-2-6-3-8(10(12,13)14)4-7(5-18)9(6)11(15,16)17/h3-4H,2,5,18H2,1H3. The summed E-state index contributed by atoms with van der Waals surface area (Å²) in [6.45, 7) is 0.775. The van der Waals surface area contributed by atoms with Crippen molar-refractivity contribution in [3.8, 4) is 0 Å². The lowest BCUT2D eigenvalue weighted by Crippen LogP contribution is -2.18. The third-order valence-electron chi connectivity index (χ3n) is 2.51. The van der Waals surface area contributed by atoms with Gasteiger partial charge in [0.1, 0.15) is 0 Å². The van der Waals surface area contributed by atoms with Crippen LogP contribution in [0.25, 0.3) is 0 Å². The minimum atomic E-state index is -4.70. The van der Waals surface area contributed by atoms with Crippen LogP contribution >= 0.6 is 0 Å². The van der Waals surface area contributed by atoms with Gasteiger partial charge in [0.15, 0.2) is 0 Å². The smallest absolute Gasteiger partial charge is 0.326 e. The first kappa shape index (κ1) is 14.8. The zero-order valence-corrected chi connectivity index (χ0v) is 9.41. The molecular formula is C11H11F6N. The summed E-state index contributed by atoms with van der Waals surface area (Å²) < 4.78 is 75.9. The van der Waals surface area contributed by atoms with Crippen molar-refractivity contribution in [3.05, 3.63) is 34.4 Å². The molecule has 0 heterocycles. The number of benzene rings is 1. The number of rotatable bonds is 2.